The second-order valence-electron chi connectivity index (χ2n) is 4.15. The Morgan fingerprint density at radius 3 is 2.23 bits per heavy atom. The van der Waals surface area contributed by atoms with Gasteiger partial charge < -0.3 is 4.42 Å². The van der Waals surface area contributed by atoms with Crippen LogP contribution in [-0.4, -0.2) is 0 Å². The van der Waals surface area contributed by atoms with E-state index in [1.807, 2.05) is 6.92 Å². The maximum Gasteiger partial charge on any atom is 0.107 e. The van der Waals surface area contributed by atoms with Crippen molar-refractivity contribution in [2.45, 2.75) is 47.0 Å². The van der Waals surface area contributed by atoms with Gasteiger partial charge in [-0.05, 0) is 37.8 Å². The fourth-order valence-corrected chi connectivity index (χ4v) is 1.79. The zero-order chi connectivity index (χ0) is 10.0. The van der Waals surface area contributed by atoms with Crippen LogP contribution in [0.3, 0.4) is 0 Å². The molecule has 0 N–H and O–H groups in total. The lowest BCUT2D eigenvalue weighted by Crippen LogP contribution is -2.03. The van der Waals surface area contributed by atoms with Gasteiger partial charge in [0, 0.05) is 5.92 Å². The van der Waals surface area contributed by atoms with Crippen molar-refractivity contribution in [3.63, 3.8) is 0 Å². The van der Waals surface area contributed by atoms with E-state index in [1.54, 1.807) is 0 Å². The van der Waals surface area contributed by atoms with Crippen molar-refractivity contribution in [2.24, 2.45) is 5.92 Å². The van der Waals surface area contributed by atoms with Crippen molar-refractivity contribution < 1.29 is 4.42 Å². The fraction of sp³-hybridized carbons (Fsp3) is 0.667. The van der Waals surface area contributed by atoms with Gasteiger partial charge in [-0.3, -0.25) is 0 Å². The molecule has 1 heterocycles. The van der Waals surface area contributed by atoms with Crippen LogP contribution >= 0.6 is 0 Å². The molecule has 0 spiro atoms. The van der Waals surface area contributed by atoms with Crippen LogP contribution in [0.1, 0.15) is 50.2 Å². The Hall–Kier alpha value is -0.720. The van der Waals surface area contributed by atoms with E-state index in [0.29, 0.717) is 11.8 Å². The van der Waals surface area contributed by atoms with Crippen molar-refractivity contribution in [3.8, 4) is 0 Å². The second kappa shape index (κ2) is 3.99. The molecule has 74 valence electrons. The molecule has 1 heteroatoms. The maximum atomic E-state index is 5.73. The molecule has 0 radical (unpaired) electrons. The van der Waals surface area contributed by atoms with Gasteiger partial charge in [0.05, 0.1) is 0 Å². The molecule has 0 aliphatic rings. The lowest BCUT2D eigenvalue weighted by atomic mass is 9.91. The molecule has 0 aliphatic heterocycles. The predicted octanol–water partition coefficient (Wildman–Crippen LogP) is 4.05. The third-order valence-corrected chi connectivity index (χ3v) is 2.80. The molecule has 0 aromatic carbocycles. The smallest absolute Gasteiger partial charge is 0.107 e. The predicted molar refractivity (Wildman–Crippen MR) is 56.1 cm³/mol. The van der Waals surface area contributed by atoms with Crippen molar-refractivity contribution in [1.29, 1.82) is 0 Å². The molecule has 1 atom stereocenters. The van der Waals surface area contributed by atoms with Crippen LogP contribution < -0.4 is 0 Å². The topological polar surface area (TPSA) is 13.1 Å². The first-order valence-electron chi connectivity index (χ1n) is 5.13. The summed E-state index contributed by atoms with van der Waals surface area (Å²) in [5.74, 6) is 3.46. The lowest BCUT2D eigenvalue weighted by molar-refractivity contribution is 0.377. The lowest BCUT2D eigenvalue weighted by Gasteiger charge is -2.15. The normalized spacial score (nSPS) is 13.7. The Labute approximate surface area is 81.1 Å². The van der Waals surface area contributed by atoms with Crippen molar-refractivity contribution in [3.05, 3.63) is 23.2 Å². The highest BCUT2D eigenvalue weighted by Crippen LogP contribution is 2.30. The molecular formula is C12H20O. The van der Waals surface area contributed by atoms with E-state index in [2.05, 4.69) is 33.8 Å². The number of rotatable bonds is 3. The highest BCUT2D eigenvalue weighted by molar-refractivity contribution is 5.21. The molecule has 1 nitrogen and oxygen atoms in total. The average Bonchev–Trinajstić information content (AvgIpc) is 2.32. The van der Waals surface area contributed by atoms with Crippen LogP contribution in [-0.2, 0) is 0 Å². The minimum absolute atomic E-state index is 0.576. The zero-order valence-corrected chi connectivity index (χ0v) is 9.35. The van der Waals surface area contributed by atoms with Gasteiger partial charge in [0.1, 0.15) is 11.5 Å². The summed E-state index contributed by atoms with van der Waals surface area (Å²) in [4.78, 5) is 0. The summed E-state index contributed by atoms with van der Waals surface area (Å²) in [5, 5.41) is 0. The zero-order valence-electron chi connectivity index (χ0n) is 9.35. The quantitative estimate of drug-likeness (QED) is 0.684. The molecule has 1 rings (SSSR count). The number of furan rings is 1. The summed E-state index contributed by atoms with van der Waals surface area (Å²) >= 11 is 0. The fourth-order valence-electron chi connectivity index (χ4n) is 1.79. The van der Waals surface area contributed by atoms with Gasteiger partial charge in [-0.1, -0.05) is 20.8 Å². The Kier molecular flexibility index (Phi) is 3.18. The first-order chi connectivity index (χ1) is 6.06. The van der Waals surface area contributed by atoms with Gasteiger partial charge in [0.2, 0.25) is 0 Å². The van der Waals surface area contributed by atoms with Crippen LogP contribution in [0.15, 0.2) is 10.5 Å². The third-order valence-electron chi connectivity index (χ3n) is 2.80. The maximum absolute atomic E-state index is 5.73. The van der Waals surface area contributed by atoms with E-state index < -0.39 is 0 Å². The van der Waals surface area contributed by atoms with Crippen molar-refractivity contribution >= 4 is 0 Å². The van der Waals surface area contributed by atoms with E-state index in [1.165, 1.54) is 5.56 Å². The monoisotopic (exact) mass is 180 g/mol. The molecule has 1 aromatic heterocycles. The molecular weight excluding hydrogens is 160 g/mol. The van der Waals surface area contributed by atoms with Crippen LogP contribution in [0.5, 0.6) is 0 Å². The first kappa shape index (κ1) is 10.4. The molecule has 0 aliphatic carbocycles. The summed E-state index contributed by atoms with van der Waals surface area (Å²) in [5.41, 5.74) is 1.27. The summed E-state index contributed by atoms with van der Waals surface area (Å²) in [6, 6.07) is 2.18. The minimum atomic E-state index is 0.576. The molecule has 0 saturated carbocycles. The van der Waals surface area contributed by atoms with E-state index in [9.17, 15) is 0 Å². The molecule has 1 aromatic rings. The third kappa shape index (κ3) is 2.15. The Bertz CT molecular complexity index is 251. The van der Waals surface area contributed by atoms with Gasteiger partial charge in [0.15, 0.2) is 0 Å². The molecule has 0 amide bonds. The standard InChI is InChI=1S/C12H20O/c1-6-11(8(2)3)12-7-9(4)10(5)13-12/h7-8,11H,6H2,1-5H3/t11-/m0/s1. The van der Waals surface area contributed by atoms with Crippen molar-refractivity contribution in [2.75, 3.05) is 0 Å². The molecule has 13 heavy (non-hydrogen) atoms. The van der Waals surface area contributed by atoms with Gasteiger partial charge in [-0.2, -0.15) is 0 Å². The van der Waals surface area contributed by atoms with Crippen LogP contribution in [0, 0.1) is 19.8 Å². The SMILES string of the molecule is CC[C@H](c1cc(C)c(C)o1)C(C)C. The van der Waals surface area contributed by atoms with Crippen molar-refractivity contribution in [1.82, 2.24) is 0 Å². The van der Waals surface area contributed by atoms with Gasteiger partial charge >= 0.3 is 0 Å². The van der Waals surface area contributed by atoms with Gasteiger partial charge in [-0.25, -0.2) is 0 Å². The largest absolute Gasteiger partial charge is 0.466 e. The number of hydrogen-bond acceptors (Lipinski definition) is 1. The summed E-state index contributed by atoms with van der Waals surface area (Å²) < 4.78 is 5.73. The van der Waals surface area contributed by atoms with Crippen LogP contribution in [0.2, 0.25) is 0 Å². The highest BCUT2D eigenvalue weighted by Gasteiger charge is 2.17. The van der Waals surface area contributed by atoms with Gasteiger partial charge in [0.25, 0.3) is 0 Å². The molecule has 0 bridgehead atoms. The number of hydrogen-bond donors (Lipinski definition) is 0. The van der Waals surface area contributed by atoms with E-state index in [-0.39, 0.29) is 0 Å². The second-order valence-corrected chi connectivity index (χ2v) is 4.15. The van der Waals surface area contributed by atoms with E-state index in [0.717, 1.165) is 17.9 Å². The van der Waals surface area contributed by atoms with E-state index in [4.69, 9.17) is 4.42 Å². The average molecular weight is 180 g/mol. The Balaban J connectivity index is 2.92. The molecule has 0 unspecified atom stereocenters. The minimum Gasteiger partial charge on any atom is -0.466 e. The van der Waals surface area contributed by atoms with Gasteiger partial charge in [-0.15, -0.1) is 0 Å². The van der Waals surface area contributed by atoms with E-state index >= 15 is 0 Å². The first-order valence-corrected chi connectivity index (χ1v) is 5.13. The highest BCUT2D eigenvalue weighted by atomic mass is 16.3. The Morgan fingerprint density at radius 2 is 1.92 bits per heavy atom. The number of aryl methyl sites for hydroxylation is 2. The Morgan fingerprint density at radius 1 is 1.31 bits per heavy atom. The molecule has 0 fully saturated rings. The summed E-state index contributed by atoms with van der Waals surface area (Å²) in [6.07, 6.45) is 1.16. The summed E-state index contributed by atoms with van der Waals surface area (Å²) in [6.45, 7) is 10.9. The summed E-state index contributed by atoms with van der Waals surface area (Å²) in [7, 11) is 0. The van der Waals surface area contributed by atoms with Crippen LogP contribution in [0.25, 0.3) is 0 Å². The molecule has 0 saturated heterocycles. The van der Waals surface area contributed by atoms with Crippen LogP contribution in [0.4, 0.5) is 0 Å².